The monoisotopic (exact) mass is 124 g/mol. The van der Waals surface area contributed by atoms with Gasteiger partial charge in [-0.15, -0.1) is 0 Å². The molecule has 1 spiro atoms. The second kappa shape index (κ2) is 1.21. The van der Waals surface area contributed by atoms with Crippen LogP contribution in [0.15, 0.2) is 0 Å². The van der Waals surface area contributed by atoms with E-state index < -0.39 is 0 Å². The Morgan fingerprint density at radius 3 is 2.22 bits per heavy atom. The fourth-order valence-electron chi connectivity index (χ4n) is 2.70. The van der Waals surface area contributed by atoms with Gasteiger partial charge in [0.2, 0.25) is 0 Å². The normalized spacial score (nSPS) is 62.3. The van der Waals surface area contributed by atoms with Crippen molar-refractivity contribution in [3.05, 3.63) is 0 Å². The minimum absolute atomic E-state index is 0.770. The second-order valence-corrected chi connectivity index (χ2v) is 4.35. The zero-order valence-corrected chi connectivity index (χ0v) is 6.70. The summed E-state index contributed by atoms with van der Waals surface area (Å²) in [6.07, 6.45) is 4.45. The maximum atomic E-state index is 2.45. The van der Waals surface area contributed by atoms with Crippen molar-refractivity contribution in [3.8, 4) is 0 Å². The SMILES string of the molecule is CCC1(C)CC12CC2C. The highest BCUT2D eigenvalue weighted by Crippen LogP contribution is 2.82. The highest BCUT2D eigenvalue weighted by molar-refractivity contribution is 5.23. The van der Waals surface area contributed by atoms with Crippen molar-refractivity contribution < 1.29 is 0 Å². The van der Waals surface area contributed by atoms with Crippen LogP contribution in [-0.2, 0) is 0 Å². The van der Waals surface area contributed by atoms with Crippen molar-refractivity contribution in [2.24, 2.45) is 16.7 Å². The van der Waals surface area contributed by atoms with Crippen LogP contribution in [0.2, 0.25) is 0 Å². The maximum Gasteiger partial charge on any atom is -0.0209 e. The largest absolute Gasteiger partial charge is 0.0648 e. The molecular formula is C9H16. The fraction of sp³-hybridized carbons (Fsp3) is 1.00. The third-order valence-corrected chi connectivity index (χ3v) is 4.02. The zero-order valence-electron chi connectivity index (χ0n) is 6.70. The van der Waals surface area contributed by atoms with Gasteiger partial charge in [-0.25, -0.2) is 0 Å². The van der Waals surface area contributed by atoms with E-state index in [0.717, 1.165) is 16.7 Å². The highest BCUT2D eigenvalue weighted by Gasteiger charge is 2.74. The summed E-state index contributed by atoms with van der Waals surface area (Å²) in [4.78, 5) is 0. The van der Waals surface area contributed by atoms with E-state index in [0.29, 0.717) is 0 Å². The average molecular weight is 124 g/mol. The summed E-state index contributed by atoms with van der Waals surface area (Å²) in [5.74, 6) is 1.06. The molecule has 9 heavy (non-hydrogen) atoms. The van der Waals surface area contributed by atoms with Gasteiger partial charge in [0, 0.05) is 0 Å². The van der Waals surface area contributed by atoms with Gasteiger partial charge in [0.15, 0.2) is 0 Å². The first kappa shape index (κ1) is 5.76. The van der Waals surface area contributed by atoms with E-state index in [-0.39, 0.29) is 0 Å². The van der Waals surface area contributed by atoms with E-state index in [1.54, 1.807) is 0 Å². The molecule has 0 aromatic heterocycles. The van der Waals surface area contributed by atoms with E-state index in [2.05, 4.69) is 20.8 Å². The summed E-state index contributed by atoms with van der Waals surface area (Å²) in [6.45, 7) is 7.19. The molecule has 2 aliphatic carbocycles. The van der Waals surface area contributed by atoms with Gasteiger partial charge in [0.1, 0.15) is 0 Å². The summed E-state index contributed by atoms with van der Waals surface area (Å²) in [7, 11) is 0. The van der Waals surface area contributed by atoms with Crippen molar-refractivity contribution >= 4 is 0 Å². The van der Waals surface area contributed by atoms with E-state index in [4.69, 9.17) is 0 Å². The lowest BCUT2D eigenvalue weighted by atomic mass is 10.0. The van der Waals surface area contributed by atoms with Crippen molar-refractivity contribution in [1.82, 2.24) is 0 Å². The molecule has 0 heteroatoms. The minimum Gasteiger partial charge on any atom is -0.0648 e. The molecular weight excluding hydrogens is 108 g/mol. The standard InChI is InChI=1S/C9H16/c1-4-8(3)6-9(8)5-7(9)2/h7H,4-6H2,1-3H3. The van der Waals surface area contributed by atoms with Gasteiger partial charge in [0.25, 0.3) is 0 Å². The molecule has 0 aromatic carbocycles. The van der Waals surface area contributed by atoms with Crippen LogP contribution >= 0.6 is 0 Å². The number of hydrogen-bond acceptors (Lipinski definition) is 0. The lowest BCUT2D eigenvalue weighted by molar-refractivity contribution is 0.459. The van der Waals surface area contributed by atoms with Crippen LogP contribution in [0.5, 0.6) is 0 Å². The van der Waals surface area contributed by atoms with Gasteiger partial charge >= 0.3 is 0 Å². The van der Waals surface area contributed by atoms with Crippen molar-refractivity contribution in [3.63, 3.8) is 0 Å². The first-order valence-electron chi connectivity index (χ1n) is 4.15. The van der Waals surface area contributed by atoms with Crippen molar-refractivity contribution in [1.29, 1.82) is 0 Å². The van der Waals surface area contributed by atoms with Crippen LogP contribution in [-0.4, -0.2) is 0 Å². The summed E-state index contributed by atoms with van der Waals surface area (Å²) in [5.41, 5.74) is 1.63. The fourth-order valence-corrected chi connectivity index (χ4v) is 2.70. The molecule has 0 amide bonds. The smallest absolute Gasteiger partial charge is 0.0209 e. The number of rotatable bonds is 1. The Labute approximate surface area is 57.6 Å². The summed E-state index contributed by atoms with van der Waals surface area (Å²) < 4.78 is 0. The molecule has 0 radical (unpaired) electrons. The number of hydrogen-bond donors (Lipinski definition) is 0. The van der Waals surface area contributed by atoms with E-state index in [1.807, 2.05) is 0 Å². The predicted octanol–water partition coefficient (Wildman–Crippen LogP) is 2.83. The van der Waals surface area contributed by atoms with Gasteiger partial charge in [-0.1, -0.05) is 27.2 Å². The molecule has 2 saturated carbocycles. The Hall–Kier alpha value is 0. The predicted molar refractivity (Wildman–Crippen MR) is 39.2 cm³/mol. The van der Waals surface area contributed by atoms with E-state index in [1.165, 1.54) is 19.3 Å². The molecule has 0 saturated heterocycles. The molecule has 0 heterocycles. The maximum absolute atomic E-state index is 2.45. The van der Waals surface area contributed by atoms with E-state index in [9.17, 15) is 0 Å². The molecule has 3 unspecified atom stereocenters. The topological polar surface area (TPSA) is 0 Å². The lowest BCUT2D eigenvalue weighted by Crippen LogP contribution is -1.95. The molecule has 2 fully saturated rings. The third kappa shape index (κ3) is 0.461. The highest BCUT2D eigenvalue weighted by atomic mass is 14.8. The minimum atomic E-state index is 0.770. The molecule has 0 nitrogen and oxygen atoms in total. The quantitative estimate of drug-likeness (QED) is 0.504. The summed E-state index contributed by atoms with van der Waals surface area (Å²) in [6, 6.07) is 0. The Kier molecular flexibility index (Phi) is 0.774. The van der Waals surface area contributed by atoms with Crippen LogP contribution in [0, 0.1) is 16.7 Å². The molecule has 3 atom stereocenters. The summed E-state index contributed by atoms with van der Waals surface area (Å²) >= 11 is 0. The first-order chi connectivity index (χ1) is 4.15. The van der Waals surface area contributed by atoms with Crippen LogP contribution < -0.4 is 0 Å². The Morgan fingerprint density at radius 2 is 2.11 bits per heavy atom. The van der Waals surface area contributed by atoms with Gasteiger partial charge < -0.3 is 0 Å². The molecule has 0 N–H and O–H groups in total. The van der Waals surface area contributed by atoms with Crippen LogP contribution in [0.25, 0.3) is 0 Å². The molecule has 2 rings (SSSR count). The average Bonchev–Trinajstić information content (AvgIpc) is 2.58. The Bertz CT molecular complexity index is 144. The van der Waals surface area contributed by atoms with Crippen molar-refractivity contribution in [2.45, 2.75) is 40.0 Å². The summed E-state index contributed by atoms with van der Waals surface area (Å²) in [5, 5.41) is 0. The lowest BCUT2D eigenvalue weighted by Gasteiger charge is -2.04. The Balaban J connectivity index is 2.10. The van der Waals surface area contributed by atoms with Gasteiger partial charge in [-0.05, 0) is 29.6 Å². The van der Waals surface area contributed by atoms with Gasteiger partial charge in [0.05, 0.1) is 0 Å². The molecule has 0 aromatic rings. The zero-order chi connectivity index (χ0) is 6.70. The molecule has 2 aliphatic rings. The van der Waals surface area contributed by atoms with Crippen LogP contribution in [0.3, 0.4) is 0 Å². The second-order valence-electron chi connectivity index (χ2n) is 4.35. The van der Waals surface area contributed by atoms with Crippen LogP contribution in [0.4, 0.5) is 0 Å². The van der Waals surface area contributed by atoms with Gasteiger partial charge in [-0.2, -0.15) is 0 Å². The van der Waals surface area contributed by atoms with E-state index >= 15 is 0 Å². The van der Waals surface area contributed by atoms with Gasteiger partial charge in [-0.3, -0.25) is 0 Å². The first-order valence-corrected chi connectivity index (χ1v) is 4.15. The molecule has 0 aliphatic heterocycles. The van der Waals surface area contributed by atoms with Crippen molar-refractivity contribution in [2.75, 3.05) is 0 Å². The third-order valence-electron chi connectivity index (χ3n) is 4.02. The molecule has 52 valence electrons. The van der Waals surface area contributed by atoms with Crippen LogP contribution in [0.1, 0.15) is 40.0 Å². The Morgan fingerprint density at radius 1 is 1.56 bits per heavy atom. The molecule has 0 bridgehead atoms.